The Morgan fingerprint density at radius 3 is 2.39 bits per heavy atom. The first-order valence-electron chi connectivity index (χ1n) is 6.94. The van der Waals surface area contributed by atoms with Crippen molar-refractivity contribution >= 4 is 5.91 Å². The van der Waals surface area contributed by atoms with Crippen LogP contribution in [-0.4, -0.2) is 48.2 Å². The lowest BCUT2D eigenvalue weighted by Crippen LogP contribution is -2.44. The number of β-amino-alcohol motifs (C(OH)–C–C–N with tert-alkyl or cyclic N) is 1. The van der Waals surface area contributed by atoms with Crippen molar-refractivity contribution in [2.45, 2.75) is 46.6 Å². The summed E-state index contributed by atoms with van der Waals surface area (Å²) >= 11 is 0. The molecule has 0 spiro atoms. The molecule has 0 saturated carbocycles. The number of piperidine rings is 1. The summed E-state index contributed by atoms with van der Waals surface area (Å²) in [5, 5.41) is 13.0. The quantitative estimate of drug-likeness (QED) is 0.796. The van der Waals surface area contributed by atoms with Gasteiger partial charge in [0, 0.05) is 20.0 Å². The van der Waals surface area contributed by atoms with E-state index in [1.807, 2.05) is 0 Å². The van der Waals surface area contributed by atoms with Crippen LogP contribution >= 0.6 is 0 Å². The molecular formula is C14H28N2O2. The lowest BCUT2D eigenvalue weighted by molar-refractivity contribution is -0.119. The normalized spacial score (nSPS) is 20.7. The molecule has 4 heteroatoms. The van der Waals surface area contributed by atoms with Crippen molar-refractivity contribution in [1.29, 1.82) is 0 Å². The van der Waals surface area contributed by atoms with E-state index in [1.165, 1.54) is 0 Å². The molecule has 4 nitrogen and oxygen atoms in total. The Labute approximate surface area is 111 Å². The minimum atomic E-state index is -0.274. The van der Waals surface area contributed by atoms with Gasteiger partial charge in [-0.05, 0) is 37.3 Å². The van der Waals surface area contributed by atoms with Gasteiger partial charge in [0.2, 0.25) is 5.91 Å². The van der Waals surface area contributed by atoms with E-state index in [0.717, 1.165) is 39.0 Å². The summed E-state index contributed by atoms with van der Waals surface area (Å²) in [5.74, 6) is 0.650. The molecule has 1 atom stereocenters. The maximum Gasteiger partial charge on any atom is 0.216 e. The van der Waals surface area contributed by atoms with Crippen molar-refractivity contribution in [3.8, 4) is 0 Å². The van der Waals surface area contributed by atoms with E-state index in [0.29, 0.717) is 5.92 Å². The second-order valence-electron chi connectivity index (χ2n) is 6.56. The van der Waals surface area contributed by atoms with Crippen LogP contribution in [0.15, 0.2) is 0 Å². The van der Waals surface area contributed by atoms with E-state index in [9.17, 15) is 9.90 Å². The number of aliphatic hydroxyl groups excluding tert-OH is 1. The third-order valence-corrected chi connectivity index (χ3v) is 3.78. The number of aliphatic hydroxyl groups is 1. The molecule has 1 aliphatic heterocycles. The molecule has 2 N–H and O–H groups in total. The highest BCUT2D eigenvalue weighted by Crippen LogP contribution is 2.22. The number of carbonyl (C=O) groups is 1. The average Bonchev–Trinajstić information content (AvgIpc) is 2.26. The molecule has 0 aliphatic carbocycles. The summed E-state index contributed by atoms with van der Waals surface area (Å²) in [7, 11) is 0. The second kappa shape index (κ2) is 6.53. The zero-order chi connectivity index (χ0) is 13.8. The van der Waals surface area contributed by atoms with Crippen molar-refractivity contribution < 1.29 is 9.90 Å². The van der Waals surface area contributed by atoms with Crippen LogP contribution < -0.4 is 5.32 Å². The van der Waals surface area contributed by atoms with Gasteiger partial charge in [0.05, 0.1) is 6.10 Å². The molecule has 1 aliphatic rings. The van der Waals surface area contributed by atoms with Gasteiger partial charge in [0.1, 0.15) is 0 Å². The number of nitrogens with zero attached hydrogens (tertiary/aromatic N) is 1. The van der Waals surface area contributed by atoms with Crippen LogP contribution in [0.2, 0.25) is 0 Å². The summed E-state index contributed by atoms with van der Waals surface area (Å²) in [6.45, 7) is 11.4. The fourth-order valence-corrected chi connectivity index (χ4v) is 2.18. The van der Waals surface area contributed by atoms with Crippen molar-refractivity contribution in [3.63, 3.8) is 0 Å². The van der Waals surface area contributed by atoms with Gasteiger partial charge in [-0.15, -0.1) is 0 Å². The smallest absolute Gasteiger partial charge is 0.216 e. The summed E-state index contributed by atoms with van der Waals surface area (Å²) in [6.07, 6.45) is 1.94. The maximum atomic E-state index is 10.9. The molecule has 1 heterocycles. The lowest BCUT2D eigenvalue weighted by atomic mass is 9.88. The molecule has 0 aromatic heterocycles. The molecule has 0 aromatic rings. The minimum absolute atomic E-state index is 0.0486. The molecule has 18 heavy (non-hydrogen) atoms. The van der Waals surface area contributed by atoms with E-state index < -0.39 is 0 Å². The second-order valence-corrected chi connectivity index (χ2v) is 6.56. The number of hydrogen-bond acceptors (Lipinski definition) is 3. The van der Waals surface area contributed by atoms with Crippen LogP contribution in [0.3, 0.4) is 0 Å². The Bertz CT molecular complexity index is 265. The minimum Gasteiger partial charge on any atom is -0.391 e. The van der Waals surface area contributed by atoms with Gasteiger partial charge in [-0.1, -0.05) is 20.8 Å². The van der Waals surface area contributed by atoms with Gasteiger partial charge in [-0.3, -0.25) is 4.79 Å². The number of amides is 1. The van der Waals surface area contributed by atoms with Crippen LogP contribution in [0.25, 0.3) is 0 Å². The Hall–Kier alpha value is -0.610. The van der Waals surface area contributed by atoms with Gasteiger partial charge in [0.15, 0.2) is 0 Å². The van der Waals surface area contributed by atoms with E-state index >= 15 is 0 Å². The summed E-state index contributed by atoms with van der Waals surface area (Å²) in [6, 6.07) is 0. The SMILES string of the molecule is CC(=O)NCC1CCN(CC(O)C(C)(C)C)CC1. The molecular weight excluding hydrogens is 228 g/mol. The number of hydrogen-bond donors (Lipinski definition) is 2. The molecule has 0 bridgehead atoms. The molecule has 0 radical (unpaired) electrons. The molecule has 1 amide bonds. The number of nitrogens with one attached hydrogen (secondary N) is 1. The first kappa shape index (κ1) is 15.4. The monoisotopic (exact) mass is 256 g/mol. The topological polar surface area (TPSA) is 52.6 Å². The third-order valence-electron chi connectivity index (χ3n) is 3.78. The molecule has 1 rings (SSSR count). The van der Waals surface area contributed by atoms with Crippen molar-refractivity contribution in [2.24, 2.45) is 11.3 Å². The Morgan fingerprint density at radius 2 is 1.94 bits per heavy atom. The Balaban J connectivity index is 2.25. The zero-order valence-corrected chi connectivity index (χ0v) is 12.2. The molecule has 1 saturated heterocycles. The first-order valence-corrected chi connectivity index (χ1v) is 6.94. The predicted molar refractivity (Wildman–Crippen MR) is 73.3 cm³/mol. The molecule has 106 valence electrons. The van der Waals surface area contributed by atoms with Crippen molar-refractivity contribution in [1.82, 2.24) is 10.2 Å². The van der Waals surface area contributed by atoms with Crippen LogP contribution in [0, 0.1) is 11.3 Å². The fraction of sp³-hybridized carbons (Fsp3) is 0.929. The Morgan fingerprint density at radius 1 is 1.39 bits per heavy atom. The van der Waals surface area contributed by atoms with Crippen LogP contribution in [-0.2, 0) is 4.79 Å². The Kier molecular flexibility index (Phi) is 5.60. The van der Waals surface area contributed by atoms with Crippen LogP contribution in [0.4, 0.5) is 0 Å². The molecule has 1 fully saturated rings. The summed E-state index contributed by atoms with van der Waals surface area (Å²) in [5.41, 5.74) is -0.0486. The zero-order valence-electron chi connectivity index (χ0n) is 12.2. The fourth-order valence-electron chi connectivity index (χ4n) is 2.18. The number of carbonyl (C=O) groups excluding carboxylic acids is 1. The summed E-state index contributed by atoms with van der Waals surface area (Å²) < 4.78 is 0. The highest BCUT2D eigenvalue weighted by molar-refractivity contribution is 5.72. The van der Waals surface area contributed by atoms with E-state index in [-0.39, 0.29) is 17.4 Å². The van der Waals surface area contributed by atoms with Gasteiger partial charge in [-0.2, -0.15) is 0 Å². The highest BCUT2D eigenvalue weighted by Gasteiger charge is 2.26. The predicted octanol–water partition coefficient (Wildman–Crippen LogP) is 1.24. The standard InChI is InChI=1S/C14H28N2O2/c1-11(17)15-9-12-5-7-16(8-6-12)10-13(18)14(2,3)4/h12-13,18H,5-10H2,1-4H3,(H,15,17). The third kappa shape index (κ3) is 5.36. The maximum absolute atomic E-state index is 10.9. The summed E-state index contributed by atoms with van der Waals surface area (Å²) in [4.78, 5) is 13.2. The number of rotatable bonds is 4. The van der Waals surface area contributed by atoms with Gasteiger partial charge in [0.25, 0.3) is 0 Å². The van der Waals surface area contributed by atoms with Gasteiger partial charge < -0.3 is 15.3 Å². The van der Waals surface area contributed by atoms with E-state index in [2.05, 4.69) is 31.0 Å². The van der Waals surface area contributed by atoms with Crippen molar-refractivity contribution in [2.75, 3.05) is 26.2 Å². The highest BCUT2D eigenvalue weighted by atomic mass is 16.3. The molecule has 1 unspecified atom stereocenters. The number of likely N-dealkylation sites (tertiary alicyclic amines) is 1. The van der Waals surface area contributed by atoms with Crippen molar-refractivity contribution in [3.05, 3.63) is 0 Å². The van der Waals surface area contributed by atoms with E-state index in [4.69, 9.17) is 0 Å². The van der Waals surface area contributed by atoms with Crippen LogP contribution in [0.5, 0.6) is 0 Å². The first-order chi connectivity index (χ1) is 8.29. The molecule has 0 aromatic carbocycles. The average molecular weight is 256 g/mol. The van der Waals surface area contributed by atoms with Gasteiger partial charge in [-0.25, -0.2) is 0 Å². The van der Waals surface area contributed by atoms with E-state index in [1.54, 1.807) is 6.92 Å². The largest absolute Gasteiger partial charge is 0.391 e. The van der Waals surface area contributed by atoms with Gasteiger partial charge >= 0.3 is 0 Å². The van der Waals surface area contributed by atoms with Crippen LogP contribution in [0.1, 0.15) is 40.5 Å². The lowest BCUT2D eigenvalue weighted by Gasteiger charge is -2.36.